The van der Waals surface area contributed by atoms with Gasteiger partial charge in [0, 0.05) is 12.1 Å². The van der Waals surface area contributed by atoms with Gasteiger partial charge in [-0.25, -0.2) is 4.79 Å². The first-order valence-electron chi connectivity index (χ1n) is 6.69. The van der Waals surface area contributed by atoms with Gasteiger partial charge in [-0.05, 0) is 26.3 Å². The summed E-state index contributed by atoms with van der Waals surface area (Å²) in [5.74, 6) is 0. The molecule has 0 aromatic heterocycles. The Kier molecular flexibility index (Phi) is 4.10. The summed E-state index contributed by atoms with van der Waals surface area (Å²) in [5.41, 5.74) is 0.910. The van der Waals surface area contributed by atoms with E-state index in [0.717, 1.165) is 5.56 Å². The number of hydrogen-bond donors (Lipinski definition) is 1. The number of morpholine rings is 1. The molecule has 0 spiro atoms. The molecule has 0 bridgehead atoms. The van der Waals surface area contributed by atoms with E-state index in [9.17, 15) is 4.79 Å². The zero-order valence-electron chi connectivity index (χ0n) is 11.8. The number of benzene rings is 1. The van der Waals surface area contributed by atoms with Crippen molar-refractivity contribution >= 4 is 6.03 Å². The van der Waals surface area contributed by atoms with Crippen LogP contribution < -0.4 is 5.32 Å². The molecule has 2 rings (SSSR count). The molecule has 1 aliphatic heterocycles. The lowest BCUT2D eigenvalue weighted by Crippen LogP contribution is -2.52. The summed E-state index contributed by atoms with van der Waals surface area (Å²) < 4.78 is 5.75. The Bertz CT molecular complexity index is 426. The van der Waals surface area contributed by atoms with Crippen LogP contribution in [0, 0.1) is 0 Å². The van der Waals surface area contributed by atoms with Crippen LogP contribution in [0.3, 0.4) is 0 Å². The van der Waals surface area contributed by atoms with E-state index in [2.05, 4.69) is 5.32 Å². The van der Waals surface area contributed by atoms with Crippen LogP contribution >= 0.6 is 0 Å². The number of amides is 2. The maximum absolute atomic E-state index is 12.1. The summed E-state index contributed by atoms with van der Waals surface area (Å²) in [7, 11) is 0. The molecule has 4 heteroatoms. The van der Waals surface area contributed by atoms with Crippen molar-refractivity contribution in [2.24, 2.45) is 0 Å². The second kappa shape index (κ2) is 5.61. The van der Waals surface area contributed by atoms with Crippen LogP contribution in [0.5, 0.6) is 0 Å². The highest BCUT2D eigenvalue weighted by molar-refractivity contribution is 5.75. The second-order valence-corrected chi connectivity index (χ2v) is 5.90. The van der Waals surface area contributed by atoms with Gasteiger partial charge >= 0.3 is 6.03 Å². The highest BCUT2D eigenvalue weighted by atomic mass is 16.5. The van der Waals surface area contributed by atoms with Gasteiger partial charge in [0.2, 0.25) is 0 Å². The molecule has 1 N–H and O–H groups in total. The first-order chi connectivity index (χ1) is 8.96. The molecule has 1 atom stereocenters. The minimum atomic E-state index is -0.211. The number of carbonyl (C=O) groups excluding carboxylic acids is 1. The van der Waals surface area contributed by atoms with Gasteiger partial charge in [0.05, 0.1) is 13.2 Å². The smallest absolute Gasteiger partial charge is 0.317 e. The van der Waals surface area contributed by atoms with Crippen molar-refractivity contribution in [2.45, 2.75) is 32.4 Å². The van der Waals surface area contributed by atoms with E-state index >= 15 is 0 Å². The summed E-state index contributed by atoms with van der Waals surface area (Å²) in [4.78, 5) is 14.0. The van der Waals surface area contributed by atoms with Gasteiger partial charge in [0.1, 0.15) is 6.10 Å². The first-order valence-corrected chi connectivity index (χ1v) is 6.69. The van der Waals surface area contributed by atoms with Crippen LogP contribution in [0.15, 0.2) is 30.3 Å². The van der Waals surface area contributed by atoms with Crippen molar-refractivity contribution in [2.75, 3.05) is 19.7 Å². The zero-order chi connectivity index (χ0) is 13.9. The Labute approximate surface area is 114 Å². The molecule has 1 aliphatic rings. The lowest BCUT2D eigenvalue weighted by atomic mass is 10.1. The lowest BCUT2D eigenvalue weighted by Gasteiger charge is -2.35. The second-order valence-electron chi connectivity index (χ2n) is 5.90. The van der Waals surface area contributed by atoms with Gasteiger partial charge in [-0.3, -0.25) is 0 Å². The Morgan fingerprint density at radius 3 is 2.63 bits per heavy atom. The fourth-order valence-electron chi connectivity index (χ4n) is 2.10. The SMILES string of the molecule is CC(C)(C)NC(=O)N1CCOC(c2ccccc2)C1. The van der Waals surface area contributed by atoms with Gasteiger partial charge in [-0.15, -0.1) is 0 Å². The van der Waals surface area contributed by atoms with Gasteiger partial charge in [-0.1, -0.05) is 30.3 Å². The molecule has 1 fully saturated rings. The fourth-order valence-corrected chi connectivity index (χ4v) is 2.10. The molecule has 0 saturated carbocycles. The number of ether oxygens (including phenoxy) is 1. The van der Waals surface area contributed by atoms with E-state index < -0.39 is 0 Å². The van der Waals surface area contributed by atoms with E-state index in [1.54, 1.807) is 0 Å². The highest BCUT2D eigenvalue weighted by Crippen LogP contribution is 2.22. The minimum absolute atomic E-state index is 0.0169. The molecule has 1 aromatic rings. The normalized spacial score (nSPS) is 20.2. The van der Waals surface area contributed by atoms with Crippen LogP contribution in [0.2, 0.25) is 0 Å². The molecule has 2 amide bonds. The number of urea groups is 1. The average Bonchev–Trinajstić information content (AvgIpc) is 2.38. The molecule has 4 nitrogen and oxygen atoms in total. The third kappa shape index (κ3) is 3.96. The maximum Gasteiger partial charge on any atom is 0.317 e. The van der Waals surface area contributed by atoms with Gasteiger partial charge in [0.15, 0.2) is 0 Å². The summed E-state index contributed by atoms with van der Waals surface area (Å²) >= 11 is 0. The first kappa shape index (κ1) is 13.9. The lowest BCUT2D eigenvalue weighted by molar-refractivity contribution is -0.0161. The summed E-state index contributed by atoms with van der Waals surface area (Å²) in [5, 5.41) is 2.99. The number of nitrogens with one attached hydrogen (secondary N) is 1. The van der Waals surface area contributed by atoms with Gasteiger partial charge < -0.3 is 15.0 Å². The molecule has 1 aromatic carbocycles. The van der Waals surface area contributed by atoms with E-state index in [0.29, 0.717) is 19.7 Å². The monoisotopic (exact) mass is 262 g/mol. The largest absolute Gasteiger partial charge is 0.370 e. The Morgan fingerprint density at radius 1 is 1.32 bits per heavy atom. The number of carbonyl (C=O) groups is 1. The zero-order valence-corrected chi connectivity index (χ0v) is 11.8. The standard InChI is InChI=1S/C15H22N2O2/c1-15(2,3)16-14(18)17-9-10-19-13(11-17)12-7-5-4-6-8-12/h4-8,13H,9-11H2,1-3H3,(H,16,18). The van der Waals surface area contributed by atoms with E-state index in [4.69, 9.17) is 4.74 Å². The van der Waals surface area contributed by atoms with Crippen LogP contribution in [0.4, 0.5) is 4.79 Å². The minimum Gasteiger partial charge on any atom is -0.370 e. The maximum atomic E-state index is 12.1. The van der Waals surface area contributed by atoms with E-state index in [1.807, 2.05) is 56.0 Å². The summed E-state index contributed by atoms with van der Waals surface area (Å²) in [6, 6.07) is 10.0. The van der Waals surface area contributed by atoms with Crippen molar-refractivity contribution < 1.29 is 9.53 Å². The molecule has 1 saturated heterocycles. The van der Waals surface area contributed by atoms with Crippen molar-refractivity contribution in [1.82, 2.24) is 10.2 Å². The van der Waals surface area contributed by atoms with E-state index in [1.165, 1.54) is 0 Å². The predicted molar refractivity (Wildman–Crippen MR) is 75.0 cm³/mol. The number of nitrogens with zero attached hydrogens (tertiary/aromatic N) is 1. The number of hydrogen-bond acceptors (Lipinski definition) is 2. The molecule has 19 heavy (non-hydrogen) atoms. The molecular formula is C15H22N2O2. The van der Waals surface area contributed by atoms with Gasteiger partial charge in [0.25, 0.3) is 0 Å². The van der Waals surface area contributed by atoms with Crippen molar-refractivity contribution in [3.8, 4) is 0 Å². The average molecular weight is 262 g/mol. The van der Waals surface area contributed by atoms with Crippen LogP contribution in [-0.4, -0.2) is 36.2 Å². The van der Waals surface area contributed by atoms with Crippen LogP contribution in [0.25, 0.3) is 0 Å². The molecule has 0 radical (unpaired) electrons. The van der Waals surface area contributed by atoms with Crippen molar-refractivity contribution in [3.05, 3.63) is 35.9 Å². The molecular weight excluding hydrogens is 240 g/mol. The predicted octanol–water partition coefficient (Wildman–Crippen LogP) is 2.57. The molecule has 1 unspecified atom stereocenters. The summed E-state index contributed by atoms with van der Waals surface area (Å²) in [6.45, 7) is 7.79. The quantitative estimate of drug-likeness (QED) is 0.845. The van der Waals surface area contributed by atoms with Crippen molar-refractivity contribution in [3.63, 3.8) is 0 Å². The molecule has 104 valence electrons. The Hall–Kier alpha value is -1.55. The van der Waals surface area contributed by atoms with E-state index in [-0.39, 0.29) is 17.7 Å². The fraction of sp³-hybridized carbons (Fsp3) is 0.533. The van der Waals surface area contributed by atoms with Gasteiger partial charge in [-0.2, -0.15) is 0 Å². The van der Waals surface area contributed by atoms with Crippen molar-refractivity contribution in [1.29, 1.82) is 0 Å². The highest BCUT2D eigenvalue weighted by Gasteiger charge is 2.27. The third-order valence-electron chi connectivity index (χ3n) is 3.01. The van der Waals surface area contributed by atoms with Crippen LogP contribution in [-0.2, 0) is 4.74 Å². The summed E-state index contributed by atoms with van der Waals surface area (Å²) in [6.07, 6.45) is -0.0272. The topological polar surface area (TPSA) is 41.6 Å². The third-order valence-corrected chi connectivity index (χ3v) is 3.01. The number of rotatable bonds is 1. The van der Waals surface area contributed by atoms with Crippen LogP contribution in [0.1, 0.15) is 32.4 Å². The Balaban J connectivity index is 2.00. The molecule has 1 heterocycles. The Morgan fingerprint density at radius 2 is 2.00 bits per heavy atom. The molecule has 0 aliphatic carbocycles.